The Balaban J connectivity index is 2.00. The molecular formula is C12H15FN2O4S. The second kappa shape index (κ2) is 5.84. The van der Waals surface area contributed by atoms with Crippen molar-refractivity contribution in [2.24, 2.45) is 5.92 Å². The third kappa shape index (κ3) is 3.73. The first-order chi connectivity index (χ1) is 9.40. The first kappa shape index (κ1) is 14.9. The van der Waals surface area contributed by atoms with Crippen molar-refractivity contribution < 1.29 is 17.7 Å². The van der Waals surface area contributed by atoms with Crippen LogP contribution in [0.2, 0.25) is 0 Å². The molecule has 8 heteroatoms. The van der Waals surface area contributed by atoms with Gasteiger partial charge in [0.1, 0.15) is 0 Å². The van der Waals surface area contributed by atoms with Gasteiger partial charge in [-0.1, -0.05) is 12.8 Å². The Hall–Kier alpha value is -1.54. The van der Waals surface area contributed by atoms with E-state index in [4.69, 9.17) is 0 Å². The summed E-state index contributed by atoms with van der Waals surface area (Å²) in [6.45, 7) is 0.289. The third-order valence-corrected chi connectivity index (χ3v) is 4.66. The van der Waals surface area contributed by atoms with Crippen molar-refractivity contribution in [3.63, 3.8) is 0 Å². The van der Waals surface area contributed by atoms with E-state index in [1.807, 2.05) is 0 Å². The van der Waals surface area contributed by atoms with E-state index in [9.17, 15) is 22.9 Å². The fourth-order valence-corrected chi connectivity index (χ4v) is 2.98. The van der Waals surface area contributed by atoms with Gasteiger partial charge in [0.25, 0.3) is 0 Å². The Bertz CT molecular complexity index is 614. The standard InChI is InChI=1S/C12H15FN2O4S/c13-11-8-10(5-6-12(11)15(16)17)20(18,19)14-7-1-2-9-3-4-9/h5-6,8-9,14H,1-4,7H2. The van der Waals surface area contributed by atoms with E-state index in [0.29, 0.717) is 6.07 Å². The van der Waals surface area contributed by atoms with Gasteiger partial charge in [-0.15, -0.1) is 0 Å². The van der Waals surface area contributed by atoms with E-state index in [2.05, 4.69) is 4.72 Å². The maximum absolute atomic E-state index is 13.4. The molecule has 1 saturated carbocycles. The van der Waals surface area contributed by atoms with Crippen LogP contribution < -0.4 is 4.72 Å². The van der Waals surface area contributed by atoms with Gasteiger partial charge in [0.2, 0.25) is 15.8 Å². The Morgan fingerprint density at radius 2 is 2.10 bits per heavy atom. The summed E-state index contributed by atoms with van der Waals surface area (Å²) in [7, 11) is -3.82. The molecule has 0 radical (unpaired) electrons. The van der Waals surface area contributed by atoms with Crippen molar-refractivity contribution in [1.82, 2.24) is 4.72 Å². The highest BCUT2D eigenvalue weighted by molar-refractivity contribution is 7.89. The molecule has 0 unspecified atom stereocenters. The molecule has 1 aromatic rings. The van der Waals surface area contributed by atoms with E-state index in [-0.39, 0.29) is 11.4 Å². The van der Waals surface area contributed by atoms with Crippen LogP contribution in [0.4, 0.5) is 10.1 Å². The first-order valence-electron chi connectivity index (χ1n) is 6.34. The average molecular weight is 302 g/mol. The third-order valence-electron chi connectivity index (χ3n) is 3.20. The van der Waals surface area contributed by atoms with E-state index >= 15 is 0 Å². The quantitative estimate of drug-likeness (QED) is 0.475. The van der Waals surface area contributed by atoms with Gasteiger partial charge in [0, 0.05) is 18.7 Å². The molecule has 1 aromatic carbocycles. The Labute approximate surface area is 116 Å². The largest absolute Gasteiger partial charge is 0.304 e. The van der Waals surface area contributed by atoms with Crippen LogP contribution in [0.5, 0.6) is 0 Å². The van der Waals surface area contributed by atoms with Gasteiger partial charge in [0.15, 0.2) is 0 Å². The van der Waals surface area contributed by atoms with Gasteiger partial charge in [-0.05, 0) is 24.8 Å². The summed E-state index contributed by atoms with van der Waals surface area (Å²) in [4.78, 5) is 9.27. The highest BCUT2D eigenvalue weighted by atomic mass is 32.2. The Morgan fingerprint density at radius 3 is 2.65 bits per heavy atom. The second-order valence-corrected chi connectivity index (χ2v) is 6.62. The van der Waals surface area contributed by atoms with Gasteiger partial charge < -0.3 is 0 Å². The van der Waals surface area contributed by atoms with E-state index in [1.54, 1.807) is 0 Å². The number of benzene rings is 1. The molecule has 0 saturated heterocycles. The lowest BCUT2D eigenvalue weighted by atomic mass is 10.2. The van der Waals surface area contributed by atoms with E-state index in [0.717, 1.165) is 30.9 Å². The van der Waals surface area contributed by atoms with Gasteiger partial charge in [-0.25, -0.2) is 13.1 Å². The molecule has 110 valence electrons. The number of nitrogens with zero attached hydrogens (tertiary/aromatic N) is 1. The molecule has 0 bridgehead atoms. The number of nitro benzene ring substituents is 1. The number of hydrogen-bond acceptors (Lipinski definition) is 4. The maximum atomic E-state index is 13.4. The average Bonchev–Trinajstić information content (AvgIpc) is 3.18. The van der Waals surface area contributed by atoms with Crippen molar-refractivity contribution in [3.8, 4) is 0 Å². The summed E-state index contributed by atoms with van der Waals surface area (Å²) in [5.74, 6) is -0.438. The molecule has 0 spiro atoms. The van der Waals surface area contributed by atoms with Crippen LogP contribution in [-0.4, -0.2) is 19.9 Å². The Kier molecular flexibility index (Phi) is 4.34. The molecule has 0 aliphatic heterocycles. The predicted octanol–water partition coefficient (Wildman–Crippen LogP) is 2.20. The van der Waals surface area contributed by atoms with Crippen LogP contribution in [0.25, 0.3) is 0 Å². The lowest BCUT2D eigenvalue weighted by molar-refractivity contribution is -0.387. The highest BCUT2D eigenvalue weighted by Crippen LogP contribution is 2.33. The number of halogens is 1. The maximum Gasteiger partial charge on any atom is 0.304 e. The van der Waals surface area contributed by atoms with Crippen LogP contribution >= 0.6 is 0 Å². The van der Waals surface area contributed by atoms with Crippen molar-refractivity contribution in [2.75, 3.05) is 6.54 Å². The SMILES string of the molecule is O=[N+]([O-])c1ccc(S(=O)(=O)NCCCC2CC2)cc1F. The van der Waals surface area contributed by atoms with Gasteiger partial charge in [-0.3, -0.25) is 10.1 Å². The fourth-order valence-electron chi connectivity index (χ4n) is 1.89. The number of nitro groups is 1. The zero-order valence-corrected chi connectivity index (χ0v) is 11.5. The molecule has 2 rings (SSSR count). The lowest BCUT2D eigenvalue weighted by Crippen LogP contribution is -2.25. The summed E-state index contributed by atoms with van der Waals surface area (Å²) in [5, 5.41) is 10.5. The molecule has 1 N–H and O–H groups in total. The Morgan fingerprint density at radius 1 is 1.40 bits per heavy atom. The fraction of sp³-hybridized carbons (Fsp3) is 0.500. The van der Waals surface area contributed by atoms with Gasteiger partial charge in [0.05, 0.1) is 9.82 Å². The molecule has 1 aliphatic rings. The second-order valence-electron chi connectivity index (χ2n) is 4.85. The monoisotopic (exact) mass is 302 g/mol. The normalized spacial score (nSPS) is 15.2. The summed E-state index contributed by atoms with van der Waals surface area (Å²) < 4.78 is 39.5. The smallest absolute Gasteiger partial charge is 0.258 e. The summed E-state index contributed by atoms with van der Waals surface area (Å²) in [6, 6.07) is 2.56. The van der Waals surface area contributed by atoms with Crippen LogP contribution in [0.15, 0.2) is 23.1 Å². The zero-order chi connectivity index (χ0) is 14.8. The number of nitrogens with one attached hydrogen (secondary N) is 1. The van der Waals surface area contributed by atoms with Gasteiger partial charge in [-0.2, -0.15) is 4.39 Å². The van der Waals surface area contributed by atoms with Crippen molar-refractivity contribution >= 4 is 15.7 Å². The van der Waals surface area contributed by atoms with Crippen LogP contribution in [-0.2, 0) is 10.0 Å². The summed E-state index contributed by atoms with van der Waals surface area (Å²) in [5.41, 5.74) is -0.738. The first-order valence-corrected chi connectivity index (χ1v) is 7.82. The van der Waals surface area contributed by atoms with Crippen molar-refractivity contribution in [3.05, 3.63) is 34.1 Å². The molecule has 0 heterocycles. The molecule has 0 aromatic heterocycles. The molecule has 0 amide bonds. The number of sulfonamides is 1. The minimum Gasteiger partial charge on any atom is -0.258 e. The molecule has 0 atom stereocenters. The highest BCUT2D eigenvalue weighted by Gasteiger charge is 2.22. The molecular weight excluding hydrogens is 287 g/mol. The van der Waals surface area contributed by atoms with Crippen molar-refractivity contribution in [2.45, 2.75) is 30.6 Å². The number of rotatable bonds is 7. The minimum absolute atomic E-state index is 0.289. The molecule has 1 aliphatic carbocycles. The van der Waals surface area contributed by atoms with Crippen LogP contribution in [0, 0.1) is 21.8 Å². The van der Waals surface area contributed by atoms with E-state index in [1.165, 1.54) is 12.8 Å². The van der Waals surface area contributed by atoms with Crippen molar-refractivity contribution in [1.29, 1.82) is 0 Å². The molecule has 6 nitrogen and oxygen atoms in total. The van der Waals surface area contributed by atoms with E-state index < -0.39 is 26.5 Å². The van der Waals surface area contributed by atoms with Crippen LogP contribution in [0.1, 0.15) is 25.7 Å². The number of hydrogen-bond donors (Lipinski definition) is 1. The summed E-state index contributed by atoms with van der Waals surface area (Å²) in [6.07, 6.45) is 4.14. The van der Waals surface area contributed by atoms with Gasteiger partial charge >= 0.3 is 5.69 Å². The zero-order valence-electron chi connectivity index (χ0n) is 10.7. The topological polar surface area (TPSA) is 89.3 Å². The predicted molar refractivity (Wildman–Crippen MR) is 70.2 cm³/mol. The molecule has 20 heavy (non-hydrogen) atoms. The minimum atomic E-state index is -3.82. The lowest BCUT2D eigenvalue weighted by Gasteiger charge is -2.06. The molecule has 1 fully saturated rings. The summed E-state index contributed by atoms with van der Waals surface area (Å²) >= 11 is 0. The van der Waals surface area contributed by atoms with Crippen LogP contribution in [0.3, 0.4) is 0 Å².